The number of aliphatic hydroxyl groups excluding tert-OH is 1. The molecule has 114 valence electrons. The van der Waals surface area contributed by atoms with Gasteiger partial charge < -0.3 is 5.11 Å². The van der Waals surface area contributed by atoms with E-state index in [-0.39, 0.29) is 0 Å². The van der Waals surface area contributed by atoms with Gasteiger partial charge in [-0.05, 0) is 38.5 Å². The van der Waals surface area contributed by atoms with Gasteiger partial charge in [-0.15, -0.1) is 0 Å². The quantitative estimate of drug-likeness (QED) is 0.898. The number of aryl methyl sites for hydroxylation is 2. The summed E-state index contributed by atoms with van der Waals surface area (Å²) in [5.74, 6) is 0.443. The van der Waals surface area contributed by atoms with Crippen LogP contribution in [0, 0.1) is 5.92 Å². The van der Waals surface area contributed by atoms with Crippen molar-refractivity contribution in [2.45, 2.75) is 59.0 Å². The third-order valence-corrected chi connectivity index (χ3v) is 4.76. The highest BCUT2D eigenvalue weighted by atomic mass is 16.3. The molecule has 0 radical (unpaired) electrons. The van der Waals surface area contributed by atoms with Crippen LogP contribution in [0.1, 0.15) is 50.6 Å². The molecule has 1 aliphatic heterocycles. The van der Waals surface area contributed by atoms with E-state index in [0.717, 1.165) is 32.4 Å². The van der Waals surface area contributed by atoms with Gasteiger partial charge in [0.2, 0.25) is 0 Å². The Morgan fingerprint density at radius 1 is 1.25 bits per heavy atom. The lowest BCUT2D eigenvalue weighted by Gasteiger charge is -2.37. The Morgan fingerprint density at radius 3 is 2.60 bits per heavy atom. The second-order valence-corrected chi connectivity index (χ2v) is 6.11. The summed E-state index contributed by atoms with van der Waals surface area (Å²) in [4.78, 5) is 2.53. The van der Waals surface area contributed by atoms with E-state index in [1.165, 1.54) is 23.4 Å². The average Bonchev–Trinajstić information content (AvgIpc) is 2.76. The van der Waals surface area contributed by atoms with Gasteiger partial charge in [0.05, 0.1) is 5.69 Å². The topological polar surface area (TPSA) is 41.3 Å². The van der Waals surface area contributed by atoms with Gasteiger partial charge in [0.15, 0.2) is 0 Å². The van der Waals surface area contributed by atoms with E-state index in [9.17, 15) is 5.11 Å². The van der Waals surface area contributed by atoms with Gasteiger partial charge in [-0.2, -0.15) is 5.10 Å². The molecule has 0 spiro atoms. The lowest BCUT2D eigenvalue weighted by Crippen LogP contribution is -2.42. The normalized spacial score (nSPS) is 24.2. The molecule has 2 rings (SSSR count). The minimum atomic E-state index is 0.317. The molecule has 1 fully saturated rings. The van der Waals surface area contributed by atoms with E-state index < -0.39 is 0 Å². The van der Waals surface area contributed by atoms with Crippen molar-refractivity contribution in [3.63, 3.8) is 0 Å². The third kappa shape index (κ3) is 3.07. The van der Waals surface area contributed by atoms with Crippen LogP contribution in [0.5, 0.6) is 0 Å². The van der Waals surface area contributed by atoms with E-state index in [0.29, 0.717) is 18.6 Å². The minimum Gasteiger partial charge on any atom is -0.396 e. The summed E-state index contributed by atoms with van der Waals surface area (Å²) in [6, 6.07) is 0.604. The van der Waals surface area contributed by atoms with Crippen LogP contribution in [0.3, 0.4) is 0 Å². The highest BCUT2D eigenvalue weighted by Gasteiger charge is 2.27. The van der Waals surface area contributed by atoms with Crippen LogP contribution in [-0.4, -0.2) is 39.0 Å². The number of nitrogens with zero attached hydrogens (tertiary/aromatic N) is 3. The molecule has 1 aromatic heterocycles. The Balaban J connectivity index is 2.19. The van der Waals surface area contributed by atoms with Crippen LogP contribution in [0.2, 0.25) is 0 Å². The van der Waals surface area contributed by atoms with Crippen molar-refractivity contribution in [1.82, 2.24) is 14.7 Å². The third-order valence-electron chi connectivity index (χ3n) is 4.76. The monoisotopic (exact) mass is 279 g/mol. The van der Waals surface area contributed by atoms with Crippen molar-refractivity contribution in [3.05, 3.63) is 17.0 Å². The molecule has 1 aliphatic rings. The molecule has 2 atom stereocenters. The SMILES string of the molecule is CCc1nn(C)c(CC)c1CN1CC(CO)CCC1C. The Kier molecular flexibility index (Phi) is 5.22. The Morgan fingerprint density at radius 2 is 2.00 bits per heavy atom. The molecule has 1 aromatic rings. The van der Waals surface area contributed by atoms with Gasteiger partial charge in [-0.3, -0.25) is 9.58 Å². The van der Waals surface area contributed by atoms with E-state index in [1.54, 1.807) is 0 Å². The van der Waals surface area contributed by atoms with Crippen molar-refractivity contribution in [2.75, 3.05) is 13.2 Å². The van der Waals surface area contributed by atoms with Crippen LogP contribution in [0.25, 0.3) is 0 Å². The molecule has 0 saturated carbocycles. The summed E-state index contributed by atoms with van der Waals surface area (Å²) in [6.07, 6.45) is 4.37. The summed E-state index contributed by atoms with van der Waals surface area (Å²) in [5, 5.41) is 14.1. The smallest absolute Gasteiger partial charge is 0.0669 e. The highest BCUT2D eigenvalue weighted by Crippen LogP contribution is 2.26. The van der Waals surface area contributed by atoms with Gasteiger partial charge in [-0.1, -0.05) is 13.8 Å². The molecule has 1 N–H and O–H groups in total. The molecule has 2 heterocycles. The maximum Gasteiger partial charge on any atom is 0.0669 e. The van der Waals surface area contributed by atoms with E-state index in [4.69, 9.17) is 0 Å². The first-order valence-corrected chi connectivity index (χ1v) is 7.99. The lowest BCUT2D eigenvalue weighted by atomic mass is 9.93. The fourth-order valence-electron chi connectivity index (χ4n) is 3.41. The molecular formula is C16H29N3O. The molecular weight excluding hydrogens is 250 g/mol. The number of hydrogen-bond acceptors (Lipinski definition) is 3. The van der Waals surface area contributed by atoms with E-state index in [2.05, 4.69) is 37.8 Å². The molecule has 2 unspecified atom stereocenters. The van der Waals surface area contributed by atoms with Crippen LogP contribution in [0.4, 0.5) is 0 Å². The molecule has 0 bridgehead atoms. The molecule has 20 heavy (non-hydrogen) atoms. The zero-order valence-corrected chi connectivity index (χ0v) is 13.4. The number of hydrogen-bond donors (Lipinski definition) is 1. The molecule has 0 amide bonds. The van der Waals surface area contributed by atoms with E-state index in [1.807, 2.05) is 4.68 Å². The van der Waals surface area contributed by atoms with Gasteiger partial charge in [0.25, 0.3) is 0 Å². The molecule has 1 saturated heterocycles. The number of likely N-dealkylation sites (tertiary alicyclic amines) is 1. The van der Waals surface area contributed by atoms with Crippen LogP contribution < -0.4 is 0 Å². The van der Waals surface area contributed by atoms with Gasteiger partial charge in [0.1, 0.15) is 0 Å². The number of aliphatic hydroxyl groups is 1. The second kappa shape index (κ2) is 6.72. The van der Waals surface area contributed by atoms with Crippen LogP contribution in [0.15, 0.2) is 0 Å². The summed E-state index contributed by atoms with van der Waals surface area (Å²) in [5.41, 5.74) is 4.02. The molecule has 0 aliphatic carbocycles. The summed E-state index contributed by atoms with van der Waals surface area (Å²) in [6.45, 7) is 9.01. The Labute approximate surface area is 122 Å². The zero-order chi connectivity index (χ0) is 14.7. The van der Waals surface area contributed by atoms with E-state index >= 15 is 0 Å². The minimum absolute atomic E-state index is 0.317. The fraction of sp³-hybridized carbons (Fsp3) is 0.812. The Bertz CT molecular complexity index is 441. The van der Waals surface area contributed by atoms with Gasteiger partial charge in [0, 0.05) is 44.0 Å². The number of piperidine rings is 1. The summed E-state index contributed by atoms with van der Waals surface area (Å²) in [7, 11) is 2.05. The molecule has 4 heteroatoms. The standard InChI is InChI=1S/C16H29N3O/c1-5-15-14(16(6-2)18(4)17-15)10-19-9-13(11-20)8-7-12(19)3/h12-13,20H,5-11H2,1-4H3. The first kappa shape index (κ1) is 15.5. The van der Waals surface area contributed by atoms with Crippen molar-refractivity contribution in [1.29, 1.82) is 0 Å². The summed E-state index contributed by atoms with van der Waals surface area (Å²) >= 11 is 0. The van der Waals surface area contributed by atoms with Crippen LogP contribution in [-0.2, 0) is 26.4 Å². The van der Waals surface area contributed by atoms with Crippen molar-refractivity contribution < 1.29 is 5.11 Å². The van der Waals surface area contributed by atoms with Gasteiger partial charge in [-0.25, -0.2) is 0 Å². The van der Waals surface area contributed by atoms with Crippen molar-refractivity contribution in [2.24, 2.45) is 13.0 Å². The largest absolute Gasteiger partial charge is 0.396 e. The average molecular weight is 279 g/mol. The van der Waals surface area contributed by atoms with Crippen molar-refractivity contribution >= 4 is 0 Å². The van der Waals surface area contributed by atoms with Crippen molar-refractivity contribution in [3.8, 4) is 0 Å². The van der Waals surface area contributed by atoms with Gasteiger partial charge >= 0.3 is 0 Å². The maximum atomic E-state index is 9.42. The predicted octanol–water partition coefficient (Wildman–Crippen LogP) is 2.14. The first-order valence-electron chi connectivity index (χ1n) is 7.99. The fourth-order valence-corrected chi connectivity index (χ4v) is 3.41. The first-order chi connectivity index (χ1) is 9.60. The predicted molar refractivity (Wildman–Crippen MR) is 81.6 cm³/mol. The number of aromatic nitrogens is 2. The second-order valence-electron chi connectivity index (χ2n) is 6.11. The zero-order valence-electron chi connectivity index (χ0n) is 13.4. The highest BCUT2D eigenvalue weighted by molar-refractivity contribution is 5.26. The Hall–Kier alpha value is -0.870. The number of rotatable bonds is 5. The van der Waals surface area contributed by atoms with Crippen LogP contribution >= 0.6 is 0 Å². The molecule has 0 aromatic carbocycles. The maximum absolute atomic E-state index is 9.42. The lowest BCUT2D eigenvalue weighted by molar-refractivity contribution is 0.0767. The summed E-state index contributed by atoms with van der Waals surface area (Å²) < 4.78 is 2.05. The molecule has 4 nitrogen and oxygen atoms in total.